The molecule has 0 bridgehead atoms. The fourth-order valence-corrected chi connectivity index (χ4v) is 3.39. The fraction of sp³-hybridized carbons (Fsp3) is 0.300. The number of carbonyl (C=O) groups excluding carboxylic acids is 1. The smallest absolute Gasteiger partial charge is 0.294 e. The molecule has 0 saturated heterocycles. The van der Waals surface area contributed by atoms with Crippen LogP contribution in [0.25, 0.3) is 0 Å². The molecule has 4 N–H and O–H groups in total. The van der Waals surface area contributed by atoms with E-state index in [4.69, 9.17) is 15.7 Å². The zero-order chi connectivity index (χ0) is 21.3. The third-order valence-corrected chi connectivity index (χ3v) is 5.34. The van der Waals surface area contributed by atoms with Gasteiger partial charge in [-0.2, -0.15) is 8.42 Å². The van der Waals surface area contributed by atoms with Crippen molar-refractivity contribution in [2.45, 2.75) is 38.5 Å². The fourth-order valence-electron chi connectivity index (χ4n) is 2.41. The SMILES string of the molecule is Cc1cc(C)cc(C(=O)CCCSC(=N)N)c1.Cc1ccc(S(=O)(=O)O)cc1. The number of aryl methyl sites for hydroxylation is 3. The first-order valence-corrected chi connectivity index (χ1v) is 11.0. The Morgan fingerprint density at radius 2 is 1.57 bits per heavy atom. The minimum absolute atomic E-state index is 0.0666. The van der Waals surface area contributed by atoms with Crippen molar-refractivity contribution in [2.75, 3.05) is 5.75 Å². The van der Waals surface area contributed by atoms with Crippen LogP contribution in [0.1, 0.15) is 39.9 Å². The maximum Gasteiger partial charge on any atom is 0.294 e. The topological polar surface area (TPSA) is 121 Å². The number of benzene rings is 2. The van der Waals surface area contributed by atoms with Crippen molar-refractivity contribution in [3.8, 4) is 0 Å². The Balaban J connectivity index is 0.000000307. The molecule has 0 amide bonds. The highest BCUT2D eigenvalue weighted by Crippen LogP contribution is 2.13. The van der Waals surface area contributed by atoms with E-state index >= 15 is 0 Å². The van der Waals surface area contributed by atoms with E-state index in [-0.39, 0.29) is 15.8 Å². The van der Waals surface area contributed by atoms with E-state index in [2.05, 4.69) is 6.07 Å². The molecule has 0 fully saturated rings. The average molecular weight is 423 g/mol. The second-order valence-corrected chi connectivity index (χ2v) is 8.96. The lowest BCUT2D eigenvalue weighted by Crippen LogP contribution is -2.06. The Hall–Kier alpha value is -2.16. The number of ketones is 1. The summed E-state index contributed by atoms with van der Waals surface area (Å²) in [5, 5.41) is 7.17. The van der Waals surface area contributed by atoms with Gasteiger partial charge in [0.05, 0.1) is 4.90 Å². The normalized spacial score (nSPS) is 10.7. The van der Waals surface area contributed by atoms with Crippen LogP contribution in [0, 0.1) is 26.2 Å². The van der Waals surface area contributed by atoms with Gasteiger partial charge < -0.3 is 5.73 Å². The highest BCUT2D eigenvalue weighted by molar-refractivity contribution is 8.13. The average Bonchev–Trinajstić information content (AvgIpc) is 2.57. The molecule has 0 unspecified atom stereocenters. The Kier molecular flexibility index (Phi) is 9.37. The predicted molar refractivity (Wildman–Crippen MR) is 115 cm³/mol. The second-order valence-electron chi connectivity index (χ2n) is 6.40. The quantitative estimate of drug-likeness (QED) is 0.211. The van der Waals surface area contributed by atoms with Crippen LogP contribution < -0.4 is 5.73 Å². The van der Waals surface area contributed by atoms with Gasteiger partial charge in [-0.05, 0) is 51.5 Å². The van der Waals surface area contributed by atoms with Crippen LogP contribution in [0.4, 0.5) is 0 Å². The van der Waals surface area contributed by atoms with Crippen molar-refractivity contribution >= 4 is 32.8 Å². The van der Waals surface area contributed by atoms with Crippen molar-refractivity contribution in [1.82, 2.24) is 0 Å². The van der Waals surface area contributed by atoms with Crippen LogP contribution >= 0.6 is 11.8 Å². The first-order chi connectivity index (χ1) is 13.0. The lowest BCUT2D eigenvalue weighted by Gasteiger charge is -2.04. The molecule has 0 aliphatic rings. The molecule has 28 heavy (non-hydrogen) atoms. The highest BCUT2D eigenvalue weighted by atomic mass is 32.2. The lowest BCUT2D eigenvalue weighted by molar-refractivity contribution is 0.0982. The summed E-state index contributed by atoms with van der Waals surface area (Å²) in [6, 6.07) is 11.9. The van der Waals surface area contributed by atoms with E-state index in [0.29, 0.717) is 6.42 Å². The molecule has 0 spiro atoms. The van der Waals surface area contributed by atoms with Gasteiger partial charge in [-0.15, -0.1) is 0 Å². The van der Waals surface area contributed by atoms with Crippen molar-refractivity contribution in [1.29, 1.82) is 5.41 Å². The molecule has 2 aromatic rings. The molecule has 152 valence electrons. The van der Waals surface area contributed by atoms with Gasteiger partial charge in [-0.25, -0.2) is 0 Å². The van der Waals surface area contributed by atoms with Crippen LogP contribution in [0.15, 0.2) is 47.4 Å². The third-order valence-electron chi connectivity index (χ3n) is 3.67. The van der Waals surface area contributed by atoms with Gasteiger partial charge >= 0.3 is 0 Å². The van der Waals surface area contributed by atoms with Gasteiger partial charge in [0.15, 0.2) is 11.0 Å². The van der Waals surface area contributed by atoms with Crippen molar-refractivity contribution in [2.24, 2.45) is 5.73 Å². The first-order valence-electron chi connectivity index (χ1n) is 8.61. The van der Waals surface area contributed by atoms with E-state index < -0.39 is 10.1 Å². The molecule has 0 saturated carbocycles. The van der Waals surface area contributed by atoms with Crippen LogP contribution in [0.5, 0.6) is 0 Å². The van der Waals surface area contributed by atoms with Crippen molar-refractivity contribution in [3.63, 3.8) is 0 Å². The van der Waals surface area contributed by atoms with Gasteiger partial charge in [0.25, 0.3) is 10.1 Å². The summed E-state index contributed by atoms with van der Waals surface area (Å²) in [5.41, 5.74) is 9.20. The van der Waals surface area contributed by atoms with Gasteiger partial charge in [0, 0.05) is 17.7 Å². The van der Waals surface area contributed by atoms with Crippen LogP contribution in [0.3, 0.4) is 0 Å². The molecule has 0 aromatic heterocycles. The molecule has 0 aliphatic carbocycles. The molecule has 0 heterocycles. The maximum absolute atomic E-state index is 11.9. The maximum atomic E-state index is 11.9. The summed E-state index contributed by atoms with van der Waals surface area (Å²) in [4.78, 5) is 11.8. The predicted octanol–water partition coefficient (Wildman–Crippen LogP) is 4.13. The number of Topliss-reactive ketones (excluding diaryl/α,β-unsaturated/α-hetero) is 1. The molecular formula is C20H26N2O4S2. The number of rotatable bonds is 6. The first kappa shape index (κ1) is 23.9. The van der Waals surface area contributed by atoms with E-state index in [1.807, 2.05) is 32.9 Å². The van der Waals surface area contributed by atoms with Crippen molar-refractivity contribution in [3.05, 3.63) is 64.7 Å². The van der Waals surface area contributed by atoms with Gasteiger partial charge in [-0.3, -0.25) is 14.8 Å². The minimum Gasteiger partial charge on any atom is -0.379 e. The van der Waals surface area contributed by atoms with E-state index in [1.54, 1.807) is 12.1 Å². The summed E-state index contributed by atoms with van der Waals surface area (Å²) < 4.78 is 29.6. The summed E-state index contributed by atoms with van der Waals surface area (Å²) >= 11 is 1.28. The Labute approximate surface area is 170 Å². The van der Waals surface area contributed by atoms with E-state index in [9.17, 15) is 13.2 Å². The monoisotopic (exact) mass is 422 g/mol. The molecule has 2 aromatic carbocycles. The van der Waals surface area contributed by atoms with Gasteiger partial charge in [0.1, 0.15) is 0 Å². The van der Waals surface area contributed by atoms with Crippen LogP contribution in [0.2, 0.25) is 0 Å². The third kappa shape index (κ3) is 9.16. The molecule has 0 aliphatic heterocycles. The number of hydrogen-bond acceptors (Lipinski definition) is 5. The molecule has 0 radical (unpaired) electrons. The van der Waals surface area contributed by atoms with E-state index in [1.165, 1.54) is 23.9 Å². The Bertz CT molecular complexity index is 903. The summed E-state index contributed by atoms with van der Waals surface area (Å²) in [6.07, 6.45) is 1.28. The summed E-state index contributed by atoms with van der Waals surface area (Å²) in [6.45, 7) is 5.83. The number of hydrogen-bond donors (Lipinski definition) is 3. The number of carbonyl (C=O) groups is 1. The molecule has 8 heteroatoms. The zero-order valence-corrected chi connectivity index (χ0v) is 17.9. The Morgan fingerprint density at radius 3 is 2.04 bits per heavy atom. The number of nitrogens with one attached hydrogen (secondary N) is 1. The number of amidine groups is 1. The zero-order valence-electron chi connectivity index (χ0n) is 16.2. The molecule has 2 rings (SSSR count). The molecule has 0 atom stereocenters. The van der Waals surface area contributed by atoms with Crippen molar-refractivity contribution < 1.29 is 17.8 Å². The standard InChI is InChI=1S/C13H18N2OS.C7H8O3S/c1-9-6-10(2)8-11(7-9)12(16)4-3-5-17-13(14)15;1-6-2-4-7(5-3-6)11(8,9)10/h6-8H,3-5H2,1-2H3,(H3,14,15);2-5H,1H3,(H,8,9,10). The van der Waals surface area contributed by atoms with E-state index in [0.717, 1.165) is 34.4 Å². The van der Waals surface area contributed by atoms with Crippen LogP contribution in [-0.2, 0) is 10.1 Å². The molecule has 6 nitrogen and oxygen atoms in total. The van der Waals surface area contributed by atoms with Crippen LogP contribution in [-0.4, -0.2) is 29.7 Å². The van der Waals surface area contributed by atoms with Gasteiger partial charge in [0.2, 0.25) is 0 Å². The number of thioether (sulfide) groups is 1. The Morgan fingerprint density at radius 1 is 1.04 bits per heavy atom. The molecular weight excluding hydrogens is 396 g/mol. The summed E-state index contributed by atoms with van der Waals surface area (Å²) in [5.74, 6) is 0.896. The largest absolute Gasteiger partial charge is 0.379 e. The second kappa shape index (κ2) is 11.0. The summed E-state index contributed by atoms with van der Waals surface area (Å²) in [7, 11) is -4.02. The number of nitrogens with two attached hydrogens (primary N) is 1. The van der Waals surface area contributed by atoms with Gasteiger partial charge in [-0.1, -0.05) is 46.7 Å². The minimum atomic E-state index is -4.02. The highest BCUT2D eigenvalue weighted by Gasteiger charge is 2.07. The lowest BCUT2D eigenvalue weighted by atomic mass is 10.0.